The lowest BCUT2D eigenvalue weighted by atomic mass is 9.69. The molecule has 4 rings (SSSR count). The minimum absolute atomic E-state index is 0. The minimum Gasteiger partial charge on any atom is -0.508 e. The number of para-hydroxylation sites is 1. The first-order chi connectivity index (χ1) is 12.4. The van der Waals surface area contributed by atoms with E-state index in [0.29, 0.717) is 11.1 Å². The van der Waals surface area contributed by atoms with Crippen LogP contribution >= 0.6 is 12.4 Å². The maximum absolute atomic E-state index is 13.3. The monoisotopic (exact) mass is 381 g/mol. The Labute approximate surface area is 163 Å². The normalized spacial score (nSPS) is 14.2. The minimum atomic E-state index is -1.03. The van der Waals surface area contributed by atoms with Crippen molar-refractivity contribution in [3.8, 4) is 11.5 Å². The Hall–Kier alpha value is -2.98. The van der Waals surface area contributed by atoms with Crippen molar-refractivity contribution in [1.82, 2.24) is 0 Å². The number of hydrogen-bond acceptors (Lipinski definition) is 3. The fraction of sp³-hybridized carbons (Fsp3) is 0.136. The molecule has 0 spiro atoms. The third-order valence-electron chi connectivity index (χ3n) is 5.18. The number of phenols is 2. The Balaban J connectivity index is 0.00000210. The van der Waals surface area contributed by atoms with Crippen LogP contribution in [-0.2, 0) is 10.2 Å². The predicted octanol–water partition coefficient (Wildman–Crippen LogP) is 4.42. The number of aromatic hydroxyl groups is 2. The standard InChI is InChI=1S/C22H19NO3.ClH/c1-13-11-15(7-9-19(13)24)22(16-8-10-20(25)14(2)12-16)17-5-3-4-6-18(17)23-21(22)26;/h3-12,24-25H,1-2H3,(H,23,26);1H. The molecule has 0 saturated carbocycles. The van der Waals surface area contributed by atoms with Crippen LogP contribution in [0, 0.1) is 13.8 Å². The summed E-state index contributed by atoms with van der Waals surface area (Å²) in [5, 5.41) is 22.9. The first kappa shape index (κ1) is 18.8. The van der Waals surface area contributed by atoms with Gasteiger partial charge < -0.3 is 15.5 Å². The Morgan fingerprint density at radius 1 is 0.815 bits per heavy atom. The summed E-state index contributed by atoms with van der Waals surface area (Å²) in [5.41, 5.74) is 3.56. The molecule has 0 fully saturated rings. The molecule has 4 nitrogen and oxygen atoms in total. The third-order valence-corrected chi connectivity index (χ3v) is 5.18. The molecular weight excluding hydrogens is 362 g/mol. The Morgan fingerprint density at radius 2 is 1.33 bits per heavy atom. The highest BCUT2D eigenvalue weighted by atomic mass is 35.5. The lowest BCUT2D eigenvalue weighted by molar-refractivity contribution is -0.118. The van der Waals surface area contributed by atoms with Gasteiger partial charge in [-0.05, 0) is 54.3 Å². The Kier molecular flexibility index (Phi) is 4.62. The van der Waals surface area contributed by atoms with Crippen LogP contribution in [0.2, 0.25) is 0 Å². The lowest BCUT2D eigenvalue weighted by Crippen LogP contribution is -2.37. The second-order valence-electron chi connectivity index (χ2n) is 6.75. The molecule has 0 unspecified atom stereocenters. The van der Waals surface area contributed by atoms with Crippen molar-refractivity contribution in [3.63, 3.8) is 0 Å². The van der Waals surface area contributed by atoms with Crippen LogP contribution in [0.4, 0.5) is 5.69 Å². The molecule has 1 heterocycles. The van der Waals surface area contributed by atoms with E-state index in [0.717, 1.165) is 22.4 Å². The number of hydrogen-bond donors (Lipinski definition) is 3. The van der Waals surface area contributed by atoms with Gasteiger partial charge >= 0.3 is 0 Å². The zero-order chi connectivity index (χ0) is 18.5. The first-order valence-electron chi connectivity index (χ1n) is 8.45. The molecular formula is C22H20ClNO3. The van der Waals surface area contributed by atoms with Crippen molar-refractivity contribution < 1.29 is 15.0 Å². The summed E-state index contributed by atoms with van der Waals surface area (Å²) in [4.78, 5) is 13.3. The molecule has 0 aromatic heterocycles. The molecule has 0 radical (unpaired) electrons. The molecule has 1 aliphatic rings. The van der Waals surface area contributed by atoms with E-state index in [2.05, 4.69) is 5.32 Å². The van der Waals surface area contributed by atoms with E-state index in [1.54, 1.807) is 24.3 Å². The van der Waals surface area contributed by atoms with E-state index in [9.17, 15) is 15.0 Å². The smallest absolute Gasteiger partial charge is 0.244 e. The predicted molar refractivity (Wildman–Crippen MR) is 108 cm³/mol. The summed E-state index contributed by atoms with van der Waals surface area (Å²) in [7, 11) is 0. The summed E-state index contributed by atoms with van der Waals surface area (Å²) in [6.45, 7) is 3.63. The van der Waals surface area contributed by atoms with Crippen LogP contribution in [0.1, 0.15) is 27.8 Å². The zero-order valence-electron chi connectivity index (χ0n) is 15.0. The van der Waals surface area contributed by atoms with Crippen LogP contribution in [0.5, 0.6) is 11.5 Å². The molecule has 3 N–H and O–H groups in total. The average molecular weight is 382 g/mol. The van der Waals surface area contributed by atoms with Gasteiger partial charge in [0.25, 0.3) is 0 Å². The summed E-state index contributed by atoms with van der Waals surface area (Å²) in [6, 6.07) is 18.1. The molecule has 1 aliphatic heterocycles. The zero-order valence-corrected chi connectivity index (χ0v) is 15.8. The van der Waals surface area contributed by atoms with Gasteiger partial charge in [-0.15, -0.1) is 12.4 Å². The van der Waals surface area contributed by atoms with Gasteiger partial charge in [-0.2, -0.15) is 0 Å². The number of nitrogens with one attached hydrogen (secondary N) is 1. The largest absolute Gasteiger partial charge is 0.508 e. The summed E-state index contributed by atoms with van der Waals surface area (Å²) in [5.74, 6) is 0.240. The number of aryl methyl sites for hydroxylation is 2. The van der Waals surface area contributed by atoms with Crippen molar-refractivity contribution in [3.05, 3.63) is 88.5 Å². The van der Waals surface area contributed by atoms with Gasteiger partial charge in [0.1, 0.15) is 16.9 Å². The van der Waals surface area contributed by atoms with Gasteiger partial charge in [0.2, 0.25) is 5.91 Å². The number of anilines is 1. The van der Waals surface area contributed by atoms with Crippen LogP contribution in [0.15, 0.2) is 60.7 Å². The van der Waals surface area contributed by atoms with Gasteiger partial charge in [-0.25, -0.2) is 0 Å². The SMILES string of the molecule is Cc1cc(C2(c3ccc(O)c(C)c3)C(=O)Nc3ccccc32)ccc1O.Cl. The fourth-order valence-electron chi connectivity index (χ4n) is 3.77. The number of amides is 1. The molecule has 0 bridgehead atoms. The van der Waals surface area contributed by atoms with Gasteiger partial charge in [-0.1, -0.05) is 42.5 Å². The molecule has 138 valence electrons. The molecule has 0 aliphatic carbocycles. The van der Waals surface area contributed by atoms with E-state index in [1.165, 1.54) is 0 Å². The van der Waals surface area contributed by atoms with Crippen molar-refractivity contribution in [2.24, 2.45) is 0 Å². The van der Waals surface area contributed by atoms with Crippen molar-refractivity contribution in [2.75, 3.05) is 5.32 Å². The summed E-state index contributed by atoms with van der Waals surface area (Å²) >= 11 is 0. The highest BCUT2D eigenvalue weighted by Crippen LogP contribution is 2.48. The highest BCUT2D eigenvalue weighted by molar-refractivity contribution is 6.11. The number of fused-ring (bicyclic) bond motifs is 1. The van der Waals surface area contributed by atoms with E-state index in [-0.39, 0.29) is 29.8 Å². The lowest BCUT2D eigenvalue weighted by Gasteiger charge is -2.30. The molecule has 0 saturated heterocycles. The first-order valence-corrected chi connectivity index (χ1v) is 8.45. The van der Waals surface area contributed by atoms with Crippen molar-refractivity contribution >= 4 is 24.0 Å². The van der Waals surface area contributed by atoms with Gasteiger partial charge in [0, 0.05) is 11.3 Å². The summed E-state index contributed by atoms with van der Waals surface area (Å²) < 4.78 is 0. The molecule has 0 atom stereocenters. The third kappa shape index (κ3) is 2.64. The van der Waals surface area contributed by atoms with Crippen LogP contribution < -0.4 is 5.32 Å². The van der Waals surface area contributed by atoms with Gasteiger partial charge in [0.05, 0.1) is 0 Å². The highest BCUT2D eigenvalue weighted by Gasteiger charge is 2.49. The van der Waals surface area contributed by atoms with Gasteiger partial charge in [0.15, 0.2) is 0 Å². The topological polar surface area (TPSA) is 69.6 Å². The van der Waals surface area contributed by atoms with Gasteiger partial charge in [-0.3, -0.25) is 4.79 Å². The maximum Gasteiger partial charge on any atom is 0.244 e. The Bertz CT molecular complexity index is 994. The number of phenolic OH excluding ortho intramolecular Hbond substituents is 2. The summed E-state index contributed by atoms with van der Waals surface area (Å²) in [6.07, 6.45) is 0. The van der Waals surface area contributed by atoms with Crippen LogP contribution in [0.25, 0.3) is 0 Å². The molecule has 3 aromatic rings. The molecule has 5 heteroatoms. The van der Waals surface area contributed by atoms with E-state index < -0.39 is 5.41 Å². The quantitative estimate of drug-likeness (QED) is 0.615. The van der Waals surface area contributed by atoms with E-state index >= 15 is 0 Å². The average Bonchev–Trinajstić information content (AvgIpc) is 2.92. The Morgan fingerprint density at radius 3 is 1.85 bits per heavy atom. The second kappa shape index (κ2) is 6.63. The van der Waals surface area contributed by atoms with E-state index in [4.69, 9.17) is 0 Å². The second-order valence-corrected chi connectivity index (χ2v) is 6.75. The molecule has 1 amide bonds. The van der Waals surface area contributed by atoms with E-state index in [1.807, 2.05) is 50.2 Å². The number of benzene rings is 3. The molecule has 27 heavy (non-hydrogen) atoms. The van der Waals surface area contributed by atoms with Crippen molar-refractivity contribution in [2.45, 2.75) is 19.3 Å². The van der Waals surface area contributed by atoms with Crippen molar-refractivity contribution in [1.29, 1.82) is 0 Å². The van der Waals surface area contributed by atoms with Crippen LogP contribution in [-0.4, -0.2) is 16.1 Å². The number of carbonyl (C=O) groups is 1. The molecule has 3 aromatic carbocycles. The number of rotatable bonds is 2. The number of halogens is 1. The number of carbonyl (C=O) groups excluding carboxylic acids is 1. The maximum atomic E-state index is 13.3. The fourth-order valence-corrected chi connectivity index (χ4v) is 3.77. The van der Waals surface area contributed by atoms with Crippen LogP contribution in [0.3, 0.4) is 0 Å².